The second-order valence-electron chi connectivity index (χ2n) is 7.22. The SMILES string of the molecule is CN=C(NCCCOC1CCCC1)N1CCC(Oc2ccccc2)CC1.I. The molecule has 1 aromatic rings. The number of likely N-dealkylation sites (tertiary alicyclic amines) is 1. The molecule has 1 heterocycles. The number of rotatable bonds is 7. The van der Waals surface area contributed by atoms with Crippen molar-refractivity contribution in [1.82, 2.24) is 10.2 Å². The lowest BCUT2D eigenvalue weighted by molar-refractivity contribution is 0.0572. The van der Waals surface area contributed by atoms with Gasteiger partial charge in [0.15, 0.2) is 5.96 Å². The van der Waals surface area contributed by atoms with Crippen LogP contribution in [0, 0.1) is 0 Å². The van der Waals surface area contributed by atoms with Crippen LogP contribution in [0.2, 0.25) is 0 Å². The van der Waals surface area contributed by atoms with E-state index in [9.17, 15) is 0 Å². The number of halogens is 1. The van der Waals surface area contributed by atoms with Gasteiger partial charge in [0.25, 0.3) is 0 Å². The predicted octanol–water partition coefficient (Wildman–Crippen LogP) is 4.07. The molecular weight excluding hydrogens is 453 g/mol. The summed E-state index contributed by atoms with van der Waals surface area (Å²) in [6.45, 7) is 3.73. The Labute approximate surface area is 180 Å². The molecular formula is C21H34IN3O2. The number of para-hydroxylation sites is 1. The van der Waals surface area contributed by atoms with Crippen molar-refractivity contribution < 1.29 is 9.47 Å². The zero-order chi connectivity index (χ0) is 18.0. The molecule has 1 saturated heterocycles. The molecule has 2 fully saturated rings. The second kappa shape index (κ2) is 12.4. The molecule has 0 unspecified atom stereocenters. The summed E-state index contributed by atoms with van der Waals surface area (Å²) in [7, 11) is 1.86. The lowest BCUT2D eigenvalue weighted by atomic mass is 10.1. The van der Waals surface area contributed by atoms with Crippen LogP contribution in [-0.2, 0) is 4.74 Å². The van der Waals surface area contributed by atoms with E-state index in [-0.39, 0.29) is 24.0 Å². The first kappa shape index (κ1) is 22.3. The summed E-state index contributed by atoms with van der Waals surface area (Å²) in [6.07, 6.45) is 9.05. The summed E-state index contributed by atoms with van der Waals surface area (Å²) in [4.78, 5) is 6.78. The summed E-state index contributed by atoms with van der Waals surface area (Å²) >= 11 is 0. The summed E-state index contributed by atoms with van der Waals surface area (Å²) in [5.41, 5.74) is 0. The van der Waals surface area contributed by atoms with E-state index in [1.807, 2.05) is 37.4 Å². The highest BCUT2D eigenvalue weighted by Gasteiger charge is 2.22. The molecule has 1 saturated carbocycles. The number of aliphatic imine (C=N–C) groups is 1. The zero-order valence-electron chi connectivity index (χ0n) is 16.4. The Morgan fingerprint density at radius 2 is 1.78 bits per heavy atom. The van der Waals surface area contributed by atoms with Crippen molar-refractivity contribution in [3.63, 3.8) is 0 Å². The Kier molecular flexibility index (Phi) is 10.3. The van der Waals surface area contributed by atoms with E-state index in [2.05, 4.69) is 15.2 Å². The quantitative estimate of drug-likeness (QED) is 0.273. The van der Waals surface area contributed by atoms with E-state index in [4.69, 9.17) is 9.47 Å². The molecule has 0 amide bonds. The molecule has 0 atom stereocenters. The van der Waals surface area contributed by atoms with Crippen molar-refractivity contribution in [3.05, 3.63) is 30.3 Å². The minimum Gasteiger partial charge on any atom is -0.490 e. The van der Waals surface area contributed by atoms with Gasteiger partial charge in [0.1, 0.15) is 11.9 Å². The van der Waals surface area contributed by atoms with E-state index in [1.54, 1.807) is 0 Å². The molecule has 1 N–H and O–H groups in total. The van der Waals surface area contributed by atoms with Crippen LogP contribution in [0.4, 0.5) is 0 Å². The molecule has 1 aliphatic heterocycles. The maximum absolute atomic E-state index is 6.08. The van der Waals surface area contributed by atoms with E-state index in [0.29, 0.717) is 12.2 Å². The van der Waals surface area contributed by atoms with Crippen LogP contribution in [0.25, 0.3) is 0 Å². The van der Waals surface area contributed by atoms with Crippen LogP contribution in [0.1, 0.15) is 44.9 Å². The minimum absolute atomic E-state index is 0. The molecule has 3 rings (SSSR count). The first-order chi connectivity index (χ1) is 12.8. The third kappa shape index (κ3) is 7.49. The number of ether oxygens (including phenoxy) is 2. The summed E-state index contributed by atoms with van der Waals surface area (Å²) < 4.78 is 12.0. The van der Waals surface area contributed by atoms with Gasteiger partial charge in [-0.2, -0.15) is 0 Å². The number of guanidine groups is 1. The van der Waals surface area contributed by atoms with Crippen LogP contribution >= 0.6 is 24.0 Å². The Morgan fingerprint density at radius 1 is 1.07 bits per heavy atom. The number of hydrogen-bond donors (Lipinski definition) is 1. The average Bonchev–Trinajstić information content (AvgIpc) is 3.20. The van der Waals surface area contributed by atoms with E-state index >= 15 is 0 Å². The zero-order valence-corrected chi connectivity index (χ0v) is 18.8. The molecule has 6 heteroatoms. The molecule has 0 spiro atoms. The topological polar surface area (TPSA) is 46.1 Å². The van der Waals surface area contributed by atoms with Crippen molar-refractivity contribution in [3.8, 4) is 5.75 Å². The van der Waals surface area contributed by atoms with E-state index in [0.717, 1.165) is 57.2 Å². The van der Waals surface area contributed by atoms with Crippen molar-refractivity contribution in [1.29, 1.82) is 0 Å². The maximum Gasteiger partial charge on any atom is 0.193 e. The number of nitrogens with zero attached hydrogens (tertiary/aromatic N) is 2. The minimum atomic E-state index is 0. The highest BCUT2D eigenvalue weighted by atomic mass is 127. The average molecular weight is 487 g/mol. The number of hydrogen-bond acceptors (Lipinski definition) is 3. The summed E-state index contributed by atoms with van der Waals surface area (Å²) in [5.74, 6) is 1.97. The van der Waals surface area contributed by atoms with Crippen LogP contribution in [-0.4, -0.2) is 56.4 Å². The molecule has 152 valence electrons. The third-order valence-electron chi connectivity index (χ3n) is 5.26. The van der Waals surface area contributed by atoms with Gasteiger partial charge in [0, 0.05) is 46.1 Å². The van der Waals surface area contributed by atoms with Gasteiger partial charge in [0.05, 0.1) is 6.10 Å². The molecule has 0 bridgehead atoms. The highest BCUT2D eigenvalue weighted by Crippen LogP contribution is 2.21. The molecule has 0 aromatic heterocycles. The number of benzene rings is 1. The van der Waals surface area contributed by atoms with Gasteiger partial charge < -0.3 is 19.7 Å². The van der Waals surface area contributed by atoms with Crippen LogP contribution < -0.4 is 10.1 Å². The summed E-state index contributed by atoms with van der Waals surface area (Å²) in [6, 6.07) is 10.1. The van der Waals surface area contributed by atoms with Crippen molar-refractivity contribution in [2.75, 3.05) is 33.3 Å². The van der Waals surface area contributed by atoms with Gasteiger partial charge in [-0.15, -0.1) is 24.0 Å². The van der Waals surface area contributed by atoms with Crippen LogP contribution in [0.15, 0.2) is 35.3 Å². The van der Waals surface area contributed by atoms with Gasteiger partial charge >= 0.3 is 0 Å². The van der Waals surface area contributed by atoms with Crippen LogP contribution in [0.5, 0.6) is 5.75 Å². The molecule has 2 aliphatic rings. The van der Waals surface area contributed by atoms with Crippen molar-refractivity contribution in [2.45, 2.75) is 57.2 Å². The number of nitrogens with one attached hydrogen (secondary N) is 1. The monoisotopic (exact) mass is 487 g/mol. The molecule has 1 aromatic carbocycles. The fourth-order valence-corrected chi connectivity index (χ4v) is 3.79. The van der Waals surface area contributed by atoms with E-state index in [1.165, 1.54) is 25.7 Å². The first-order valence-electron chi connectivity index (χ1n) is 10.1. The fraction of sp³-hybridized carbons (Fsp3) is 0.667. The van der Waals surface area contributed by atoms with Gasteiger partial charge in [-0.05, 0) is 31.4 Å². The fourth-order valence-electron chi connectivity index (χ4n) is 3.79. The predicted molar refractivity (Wildman–Crippen MR) is 121 cm³/mol. The molecule has 5 nitrogen and oxygen atoms in total. The van der Waals surface area contributed by atoms with Crippen LogP contribution in [0.3, 0.4) is 0 Å². The molecule has 1 aliphatic carbocycles. The standard InChI is InChI=1S/C21H33N3O2.HI/c1-22-21(23-14-7-17-25-18-8-5-6-9-18)24-15-12-20(13-16-24)26-19-10-3-2-4-11-19;/h2-4,10-11,18,20H,5-9,12-17H2,1H3,(H,22,23);1H. The molecule has 27 heavy (non-hydrogen) atoms. The third-order valence-corrected chi connectivity index (χ3v) is 5.26. The van der Waals surface area contributed by atoms with Gasteiger partial charge in [-0.1, -0.05) is 31.0 Å². The Morgan fingerprint density at radius 3 is 2.44 bits per heavy atom. The summed E-state index contributed by atoms with van der Waals surface area (Å²) in [5, 5.41) is 3.48. The first-order valence-corrected chi connectivity index (χ1v) is 10.1. The highest BCUT2D eigenvalue weighted by molar-refractivity contribution is 14.0. The largest absolute Gasteiger partial charge is 0.490 e. The lowest BCUT2D eigenvalue weighted by Gasteiger charge is -2.34. The van der Waals surface area contributed by atoms with Gasteiger partial charge in [0.2, 0.25) is 0 Å². The maximum atomic E-state index is 6.08. The molecule has 0 radical (unpaired) electrons. The van der Waals surface area contributed by atoms with E-state index < -0.39 is 0 Å². The Balaban J connectivity index is 0.00000261. The van der Waals surface area contributed by atoms with Crippen molar-refractivity contribution in [2.24, 2.45) is 4.99 Å². The van der Waals surface area contributed by atoms with Crippen molar-refractivity contribution >= 4 is 29.9 Å². The van der Waals surface area contributed by atoms with Gasteiger partial charge in [-0.3, -0.25) is 4.99 Å². The smallest absolute Gasteiger partial charge is 0.193 e. The number of piperidine rings is 1. The normalized spacial score (nSPS) is 19.0. The van der Waals surface area contributed by atoms with Gasteiger partial charge in [-0.25, -0.2) is 0 Å². The lowest BCUT2D eigenvalue weighted by Crippen LogP contribution is -2.47. The Hall–Kier alpha value is -1.02. The Bertz CT molecular complexity index is 542. The second-order valence-corrected chi connectivity index (χ2v) is 7.22.